The quantitative estimate of drug-likeness (QED) is 0.819. The number of hydrogen-bond acceptors (Lipinski definition) is 4. The fourth-order valence-electron chi connectivity index (χ4n) is 2.42. The molecule has 0 atom stereocenters. The number of Topliss-reactive ketones (excluding diaryl/α,β-unsaturated/α-hetero) is 1. The van der Waals surface area contributed by atoms with Crippen molar-refractivity contribution in [1.82, 2.24) is 9.97 Å². The van der Waals surface area contributed by atoms with E-state index in [1.165, 1.54) is 5.56 Å². The largest absolute Gasteiger partial charge is 0.341 e. The summed E-state index contributed by atoms with van der Waals surface area (Å²) in [6, 6.07) is 0.403. The number of ketones is 1. The lowest BCUT2D eigenvalue weighted by molar-refractivity contribution is -0.120. The summed E-state index contributed by atoms with van der Waals surface area (Å²) in [5.74, 6) is 1.16. The number of hydrogen-bond donors (Lipinski definition) is 0. The van der Waals surface area contributed by atoms with Crippen molar-refractivity contribution >= 4 is 11.7 Å². The molecule has 0 bridgehead atoms. The van der Waals surface area contributed by atoms with Crippen LogP contribution < -0.4 is 4.90 Å². The van der Waals surface area contributed by atoms with Crippen molar-refractivity contribution in [2.24, 2.45) is 0 Å². The van der Waals surface area contributed by atoms with Crippen LogP contribution in [0.5, 0.6) is 0 Å². The van der Waals surface area contributed by atoms with E-state index in [-0.39, 0.29) is 0 Å². The lowest BCUT2D eigenvalue weighted by atomic mass is 9.93. The van der Waals surface area contributed by atoms with Gasteiger partial charge in [-0.25, -0.2) is 9.97 Å². The number of aryl methyl sites for hydroxylation is 1. The zero-order valence-corrected chi connectivity index (χ0v) is 11.2. The summed E-state index contributed by atoms with van der Waals surface area (Å²) in [5, 5.41) is 0. The summed E-state index contributed by atoms with van der Waals surface area (Å²) >= 11 is 0. The molecule has 0 N–H and O–H groups in total. The second kappa shape index (κ2) is 5.94. The van der Waals surface area contributed by atoms with E-state index in [0.717, 1.165) is 31.6 Å². The molecule has 0 radical (unpaired) electrons. The number of aromatic nitrogens is 2. The first-order chi connectivity index (χ1) is 8.70. The van der Waals surface area contributed by atoms with Gasteiger partial charge in [-0.2, -0.15) is 0 Å². The van der Waals surface area contributed by atoms with Gasteiger partial charge in [-0.3, -0.25) is 4.79 Å². The van der Waals surface area contributed by atoms with Gasteiger partial charge in [0.15, 0.2) is 0 Å². The maximum absolute atomic E-state index is 11.2. The highest BCUT2D eigenvalue weighted by Gasteiger charge is 2.23. The van der Waals surface area contributed by atoms with Crippen LogP contribution in [0.3, 0.4) is 0 Å². The summed E-state index contributed by atoms with van der Waals surface area (Å²) in [7, 11) is 2.02. The van der Waals surface area contributed by atoms with Crippen LogP contribution in [0.1, 0.15) is 44.6 Å². The van der Waals surface area contributed by atoms with Crippen LogP contribution in [0.25, 0.3) is 0 Å². The number of carbonyl (C=O) groups is 1. The van der Waals surface area contributed by atoms with E-state index in [9.17, 15) is 4.79 Å². The maximum Gasteiger partial charge on any atom is 0.225 e. The Kier molecular flexibility index (Phi) is 4.28. The number of rotatable bonds is 4. The Morgan fingerprint density at radius 3 is 2.44 bits per heavy atom. The number of anilines is 1. The summed E-state index contributed by atoms with van der Waals surface area (Å²) in [6.07, 6.45) is 9.22. The van der Waals surface area contributed by atoms with Crippen molar-refractivity contribution in [2.75, 3.05) is 11.9 Å². The van der Waals surface area contributed by atoms with E-state index in [1.54, 1.807) is 0 Å². The van der Waals surface area contributed by atoms with E-state index in [2.05, 4.69) is 21.8 Å². The van der Waals surface area contributed by atoms with Gasteiger partial charge >= 0.3 is 0 Å². The summed E-state index contributed by atoms with van der Waals surface area (Å²) in [6.45, 7) is 2.15. The first-order valence-corrected chi connectivity index (χ1v) is 6.76. The average molecular weight is 247 g/mol. The monoisotopic (exact) mass is 247 g/mol. The zero-order valence-electron chi connectivity index (χ0n) is 11.2. The third-order valence-corrected chi connectivity index (χ3v) is 3.61. The molecule has 0 amide bonds. The third-order valence-electron chi connectivity index (χ3n) is 3.61. The predicted octanol–water partition coefficient (Wildman–Crippen LogP) is 2.38. The van der Waals surface area contributed by atoms with E-state index in [1.807, 2.05) is 19.4 Å². The normalized spacial score (nSPS) is 16.9. The molecule has 98 valence electrons. The molecule has 0 unspecified atom stereocenters. The van der Waals surface area contributed by atoms with Gasteiger partial charge in [0.1, 0.15) is 5.78 Å². The van der Waals surface area contributed by atoms with Crippen LogP contribution in [-0.2, 0) is 11.2 Å². The minimum absolute atomic E-state index is 0.388. The third kappa shape index (κ3) is 3.06. The molecule has 1 saturated carbocycles. The van der Waals surface area contributed by atoms with Crippen LogP contribution in [0.2, 0.25) is 0 Å². The fraction of sp³-hybridized carbons (Fsp3) is 0.643. The molecule has 4 heteroatoms. The lowest BCUT2D eigenvalue weighted by Gasteiger charge is -2.30. The second-order valence-corrected chi connectivity index (χ2v) is 5.02. The zero-order chi connectivity index (χ0) is 13.0. The van der Waals surface area contributed by atoms with Crippen LogP contribution in [0, 0.1) is 0 Å². The molecular weight excluding hydrogens is 226 g/mol. The SMILES string of the molecule is CCCc1cnc(N(C)C2CCC(=O)CC2)nc1. The van der Waals surface area contributed by atoms with Gasteiger partial charge in [-0.05, 0) is 24.8 Å². The highest BCUT2D eigenvalue weighted by Crippen LogP contribution is 2.22. The smallest absolute Gasteiger partial charge is 0.225 e. The summed E-state index contributed by atoms with van der Waals surface area (Å²) in [5.41, 5.74) is 1.19. The molecule has 1 aromatic rings. The second-order valence-electron chi connectivity index (χ2n) is 5.02. The van der Waals surface area contributed by atoms with Crippen molar-refractivity contribution in [3.8, 4) is 0 Å². The molecule has 0 spiro atoms. The standard InChI is InChI=1S/C14H21N3O/c1-3-4-11-9-15-14(16-10-11)17(2)12-5-7-13(18)8-6-12/h9-10,12H,3-8H2,1-2H3. The van der Waals surface area contributed by atoms with E-state index < -0.39 is 0 Å². The lowest BCUT2D eigenvalue weighted by Crippen LogP contribution is -2.36. The Balaban J connectivity index is 1.99. The highest BCUT2D eigenvalue weighted by atomic mass is 16.1. The minimum Gasteiger partial charge on any atom is -0.341 e. The van der Waals surface area contributed by atoms with Gasteiger partial charge in [0, 0.05) is 38.3 Å². The van der Waals surface area contributed by atoms with Crippen molar-refractivity contribution in [3.05, 3.63) is 18.0 Å². The molecule has 1 aromatic heterocycles. The number of carbonyl (C=O) groups excluding carboxylic acids is 1. The topological polar surface area (TPSA) is 46.1 Å². The highest BCUT2D eigenvalue weighted by molar-refractivity contribution is 5.79. The first kappa shape index (κ1) is 13.0. The Morgan fingerprint density at radius 2 is 1.89 bits per heavy atom. The van der Waals surface area contributed by atoms with E-state index in [4.69, 9.17) is 0 Å². The van der Waals surface area contributed by atoms with Crippen LogP contribution in [0.4, 0.5) is 5.95 Å². The summed E-state index contributed by atoms with van der Waals surface area (Å²) < 4.78 is 0. The Bertz CT molecular complexity index is 392. The van der Waals surface area contributed by atoms with E-state index >= 15 is 0 Å². The van der Waals surface area contributed by atoms with E-state index in [0.29, 0.717) is 24.7 Å². The number of nitrogens with zero attached hydrogens (tertiary/aromatic N) is 3. The van der Waals surface area contributed by atoms with Gasteiger partial charge in [-0.1, -0.05) is 13.3 Å². The Hall–Kier alpha value is -1.45. The average Bonchev–Trinajstić information content (AvgIpc) is 2.40. The van der Waals surface area contributed by atoms with Crippen LogP contribution in [-0.4, -0.2) is 28.8 Å². The van der Waals surface area contributed by atoms with Crippen molar-refractivity contribution < 1.29 is 4.79 Å². The molecule has 1 aliphatic carbocycles. The van der Waals surface area contributed by atoms with Gasteiger partial charge in [0.05, 0.1) is 0 Å². The van der Waals surface area contributed by atoms with Gasteiger partial charge in [-0.15, -0.1) is 0 Å². The van der Waals surface area contributed by atoms with Crippen molar-refractivity contribution in [2.45, 2.75) is 51.5 Å². The molecule has 0 saturated heterocycles. The molecule has 0 aliphatic heterocycles. The van der Waals surface area contributed by atoms with Crippen molar-refractivity contribution in [3.63, 3.8) is 0 Å². The summed E-state index contributed by atoms with van der Waals surface area (Å²) in [4.78, 5) is 22.2. The van der Waals surface area contributed by atoms with Crippen molar-refractivity contribution in [1.29, 1.82) is 0 Å². The molecule has 1 heterocycles. The first-order valence-electron chi connectivity index (χ1n) is 6.76. The Labute approximate surface area is 108 Å². The molecule has 0 aromatic carbocycles. The molecule has 1 fully saturated rings. The van der Waals surface area contributed by atoms with Gasteiger partial charge in [0.2, 0.25) is 5.95 Å². The van der Waals surface area contributed by atoms with Gasteiger partial charge < -0.3 is 4.90 Å². The van der Waals surface area contributed by atoms with Crippen LogP contribution in [0.15, 0.2) is 12.4 Å². The fourth-order valence-corrected chi connectivity index (χ4v) is 2.42. The molecular formula is C14H21N3O. The molecule has 2 rings (SSSR count). The maximum atomic E-state index is 11.2. The molecule has 18 heavy (non-hydrogen) atoms. The Morgan fingerprint density at radius 1 is 1.28 bits per heavy atom. The minimum atomic E-state index is 0.388. The van der Waals surface area contributed by atoms with Crippen LogP contribution >= 0.6 is 0 Å². The predicted molar refractivity (Wildman–Crippen MR) is 71.7 cm³/mol. The molecule has 4 nitrogen and oxygen atoms in total. The van der Waals surface area contributed by atoms with Gasteiger partial charge in [0.25, 0.3) is 0 Å². The molecule has 1 aliphatic rings.